The summed E-state index contributed by atoms with van der Waals surface area (Å²) in [6, 6.07) is 18.1. The minimum absolute atomic E-state index is 0.0474. The molecule has 0 aliphatic rings. The second-order valence-corrected chi connectivity index (χ2v) is 7.92. The minimum Gasteiger partial charge on any atom is -0.497 e. The van der Waals surface area contributed by atoms with E-state index in [2.05, 4.69) is 27.6 Å². The third-order valence-electron chi connectivity index (χ3n) is 3.84. The zero-order valence-electron chi connectivity index (χ0n) is 15.1. The highest BCUT2D eigenvalue weighted by Gasteiger charge is 2.09. The monoisotopic (exact) mass is 399 g/mol. The number of aromatic nitrogens is 2. The molecule has 5 nitrogen and oxygen atoms in total. The van der Waals surface area contributed by atoms with Gasteiger partial charge in [-0.2, -0.15) is 0 Å². The van der Waals surface area contributed by atoms with Gasteiger partial charge in [-0.05, 0) is 29.7 Å². The fourth-order valence-electron chi connectivity index (χ4n) is 2.44. The summed E-state index contributed by atoms with van der Waals surface area (Å²) in [5.41, 5.74) is 2.43. The fraction of sp³-hybridized carbons (Fsp3) is 0.250. The molecule has 3 rings (SSSR count). The summed E-state index contributed by atoms with van der Waals surface area (Å²) in [6.07, 6.45) is 1.67. The van der Waals surface area contributed by atoms with Crippen molar-refractivity contribution in [2.75, 3.05) is 18.2 Å². The Hall–Kier alpha value is -2.38. The molecule has 1 aromatic heterocycles. The molecule has 0 saturated heterocycles. The van der Waals surface area contributed by atoms with E-state index in [1.54, 1.807) is 18.9 Å². The molecule has 0 fully saturated rings. The molecule has 0 aliphatic carbocycles. The van der Waals surface area contributed by atoms with Crippen LogP contribution in [0.5, 0.6) is 5.75 Å². The highest BCUT2D eigenvalue weighted by molar-refractivity contribution is 7.99. The lowest BCUT2D eigenvalue weighted by Crippen LogP contribution is -2.13. The van der Waals surface area contributed by atoms with Crippen molar-refractivity contribution in [1.29, 1.82) is 0 Å². The first-order chi connectivity index (χ1) is 13.2. The van der Waals surface area contributed by atoms with Gasteiger partial charge in [0.25, 0.3) is 0 Å². The predicted octanol–water partition coefficient (Wildman–Crippen LogP) is 4.20. The number of hydrogen-bond acceptors (Lipinski definition) is 6. The van der Waals surface area contributed by atoms with Crippen molar-refractivity contribution in [2.45, 2.75) is 18.6 Å². The summed E-state index contributed by atoms with van der Waals surface area (Å²) >= 11 is 3.02. The first-order valence-corrected chi connectivity index (χ1v) is 10.6. The summed E-state index contributed by atoms with van der Waals surface area (Å²) in [6.45, 7) is 0. The van der Waals surface area contributed by atoms with Crippen LogP contribution < -0.4 is 10.1 Å². The van der Waals surface area contributed by atoms with Gasteiger partial charge in [0.1, 0.15) is 10.8 Å². The molecule has 3 aromatic rings. The standard InChI is InChI=1S/C20H21N3O2S2/c1-25-17-10-7-15(8-11-17)9-12-19-22-23-20(27-19)21-18(24)14-26-13-16-5-3-2-4-6-16/h2-8,10-11H,9,12-14H2,1H3,(H,21,23,24). The molecule has 0 aliphatic heterocycles. The van der Waals surface area contributed by atoms with E-state index in [9.17, 15) is 4.79 Å². The topological polar surface area (TPSA) is 64.1 Å². The van der Waals surface area contributed by atoms with Gasteiger partial charge in [-0.3, -0.25) is 10.1 Å². The number of amides is 1. The summed E-state index contributed by atoms with van der Waals surface area (Å²) in [4.78, 5) is 12.0. The van der Waals surface area contributed by atoms with Gasteiger partial charge in [0.15, 0.2) is 0 Å². The van der Waals surface area contributed by atoms with Crippen molar-refractivity contribution in [3.63, 3.8) is 0 Å². The average Bonchev–Trinajstić information content (AvgIpc) is 3.15. The van der Waals surface area contributed by atoms with Crippen LogP contribution in [-0.2, 0) is 23.4 Å². The fourth-order valence-corrected chi connectivity index (χ4v) is 3.98. The van der Waals surface area contributed by atoms with Gasteiger partial charge in [-0.1, -0.05) is 53.8 Å². The normalized spacial score (nSPS) is 10.6. The summed E-state index contributed by atoms with van der Waals surface area (Å²) in [5.74, 6) is 2.02. The number of carbonyl (C=O) groups is 1. The van der Waals surface area contributed by atoms with Crippen LogP contribution in [0.25, 0.3) is 0 Å². The molecule has 140 valence electrons. The maximum atomic E-state index is 12.0. The van der Waals surface area contributed by atoms with E-state index in [4.69, 9.17) is 4.74 Å². The third kappa shape index (κ3) is 6.37. The number of methoxy groups -OCH3 is 1. The van der Waals surface area contributed by atoms with Crippen molar-refractivity contribution in [1.82, 2.24) is 10.2 Å². The minimum atomic E-state index is -0.0474. The van der Waals surface area contributed by atoms with Crippen LogP contribution in [0.15, 0.2) is 54.6 Å². The van der Waals surface area contributed by atoms with Gasteiger partial charge < -0.3 is 4.74 Å². The van der Waals surface area contributed by atoms with Crippen LogP contribution in [-0.4, -0.2) is 29.0 Å². The van der Waals surface area contributed by atoms with Gasteiger partial charge in [-0.15, -0.1) is 22.0 Å². The highest BCUT2D eigenvalue weighted by Crippen LogP contribution is 2.19. The smallest absolute Gasteiger partial charge is 0.236 e. The highest BCUT2D eigenvalue weighted by atomic mass is 32.2. The lowest BCUT2D eigenvalue weighted by atomic mass is 10.1. The number of aryl methyl sites for hydroxylation is 2. The Balaban J connectivity index is 1.41. The van der Waals surface area contributed by atoms with E-state index in [1.807, 2.05) is 42.5 Å². The zero-order chi connectivity index (χ0) is 18.9. The molecule has 7 heteroatoms. The summed E-state index contributed by atoms with van der Waals surface area (Å²) < 4.78 is 5.16. The van der Waals surface area contributed by atoms with E-state index in [1.165, 1.54) is 22.5 Å². The molecule has 0 radical (unpaired) electrons. The Labute approximate surface area is 167 Å². The number of carbonyl (C=O) groups excluding carboxylic acids is 1. The molecular weight excluding hydrogens is 378 g/mol. The van der Waals surface area contributed by atoms with Crippen molar-refractivity contribution in [3.05, 3.63) is 70.7 Å². The van der Waals surface area contributed by atoms with Crippen LogP contribution >= 0.6 is 23.1 Å². The molecule has 0 atom stereocenters. The second-order valence-electron chi connectivity index (χ2n) is 5.88. The number of ether oxygens (including phenoxy) is 1. The van der Waals surface area contributed by atoms with Gasteiger partial charge in [0.05, 0.1) is 12.9 Å². The SMILES string of the molecule is COc1ccc(CCc2nnc(NC(=O)CSCc3ccccc3)s2)cc1. The van der Waals surface area contributed by atoms with E-state index in [0.717, 1.165) is 29.4 Å². The van der Waals surface area contributed by atoms with E-state index in [-0.39, 0.29) is 5.91 Å². The maximum absolute atomic E-state index is 12.0. The molecule has 1 amide bonds. The first-order valence-electron chi connectivity index (χ1n) is 8.60. The van der Waals surface area contributed by atoms with Gasteiger partial charge >= 0.3 is 0 Å². The summed E-state index contributed by atoms with van der Waals surface area (Å²) in [5, 5.41) is 12.5. The van der Waals surface area contributed by atoms with Crippen molar-refractivity contribution in [3.8, 4) is 5.75 Å². The maximum Gasteiger partial charge on any atom is 0.236 e. The van der Waals surface area contributed by atoms with E-state index in [0.29, 0.717) is 10.9 Å². The number of thioether (sulfide) groups is 1. The number of nitrogens with one attached hydrogen (secondary N) is 1. The van der Waals surface area contributed by atoms with Crippen LogP contribution in [0, 0.1) is 0 Å². The Kier molecular flexibility index (Phi) is 7.24. The molecule has 0 bridgehead atoms. The van der Waals surface area contributed by atoms with E-state index < -0.39 is 0 Å². The van der Waals surface area contributed by atoms with Crippen molar-refractivity contribution >= 4 is 34.1 Å². The van der Waals surface area contributed by atoms with Crippen molar-refractivity contribution in [2.24, 2.45) is 0 Å². The number of hydrogen-bond donors (Lipinski definition) is 1. The Bertz CT molecular complexity index is 851. The van der Waals surface area contributed by atoms with Crippen LogP contribution in [0.4, 0.5) is 5.13 Å². The molecule has 1 N–H and O–H groups in total. The van der Waals surface area contributed by atoms with Crippen molar-refractivity contribution < 1.29 is 9.53 Å². The first kappa shape index (κ1) is 19.4. The summed E-state index contributed by atoms with van der Waals surface area (Å²) in [7, 11) is 1.66. The van der Waals surface area contributed by atoms with Gasteiger partial charge in [-0.25, -0.2) is 0 Å². The molecule has 0 spiro atoms. The Morgan fingerprint density at radius 1 is 1.04 bits per heavy atom. The molecule has 0 unspecified atom stereocenters. The number of anilines is 1. The molecular formula is C20H21N3O2S2. The number of rotatable bonds is 9. The third-order valence-corrected chi connectivity index (χ3v) is 5.75. The number of benzene rings is 2. The molecule has 27 heavy (non-hydrogen) atoms. The predicted molar refractivity (Wildman–Crippen MR) is 112 cm³/mol. The Morgan fingerprint density at radius 3 is 2.56 bits per heavy atom. The quantitative estimate of drug-likeness (QED) is 0.584. The zero-order valence-corrected chi connectivity index (χ0v) is 16.7. The number of nitrogens with zero attached hydrogens (tertiary/aromatic N) is 2. The largest absolute Gasteiger partial charge is 0.497 e. The lowest BCUT2D eigenvalue weighted by Gasteiger charge is -2.02. The molecule has 1 heterocycles. The van der Waals surface area contributed by atoms with Gasteiger partial charge in [0, 0.05) is 12.2 Å². The molecule has 0 saturated carbocycles. The van der Waals surface area contributed by atoms with Gasteiger partial charge in [0.2, 0.25) is 11.0 Å². The van der Waals surface area contributed by atoms with Crippen LogP contribution in [0.3, 0.4) is 0 Å². The Morgan fingerprint density at radius 2 is 1.81 bits per heavy atom. The molecule has 2 aromatic carbocycles. The van der Waals surface area contributed by atoms with Crippen LogP contribution in [0.2, 0.25) is 0 Å². The second kappa shape index (κ2) is 10.1. The van der Waals surface area contributed by atoms with Crippen LogP contribution in [0.1, 0.15) is 16.1 Å². The van der Waals surface area contributed by atoms with E-state index >= 15 is 0 Å². The lowest BCUT2D eigenvalue weighted by molar-refractivity contribution is -0.113. The average molecular weight is 400 g/mol.